The van der Waals surface area contributed by atoms with E-state index < -0.39 is 0 Å². The SMILES string of the molecule is CN(CCCC#N)Cc1ccc(C(C)(C)C)cc1. The highest BCUT2D eigenvalue weighted by molar-refractivity contribution is 5.27. The van der Waals surface area contributed by atoms with E-state index in [1.54, 1.807) is 0 Å². The summed E-state index contributed by atoms with van der Waals surface area (Å²) < 4.78 is 0. The standard InChI is InChI=1S/C16H24N2/c1-16(2,3)15-9-7-14(8-10-15)13-18(4)12-6-5-11-17/h7-10H,5-6,12-13H2,1-4H3. The van der Waals surface area contributed by atoms with Crippen molar-refractivity contribution in [3.05, 3.63) is 35.4 Å². The first kappa shape index (κ1) is 14.7. The number of hydrogen-bond donors (Lipinski definition) is 0. The fourth-order valence-corrected chi connectivity index (χ4v) is 1.93. The van der Waals surface area contributed by atoms with Crippen LogP contribution in [0.3, 0.4) is 0 Å². The molecule has 98 valence electrons. The van der Waals surface area contributed by atoms with Gasteiger partial charge in [0, 0.05) is 13.0 Å². The summed E-state index contributed by atoms with van der Waals surface area (Å²) in [5.74, 6) is 0. The summed E-state index contributed by atoms with van der Waals surface area (Å²) in [5, 5.41) is 8.51. The maximum Gasteiger partial charge on any atom is 0.0622 e. The van der Waals surface area contributed by atoms with E-state index in [2.05, 4.69) is 63.1 Å². The normalized spacial score (nSPS) is 11.6. The van der Waals surface area contributed by atoms with Crippen LogP contribution in [0.5, 0.6) is 0 Å². The number of unbranched alkanes of at least 4 members (excludes halogenated alkanes) is 1. The molecule has 0 N–H and O–H groups in total. The second-order valence-corrected chi connectivity index (χ2v) is 5.95. The summed E-state index contributed by atoms with van der Waals surface area (Å²) in [7, 11) is 2.11. The molecular weight excluding hydrogens is 220 g/mol. The molecule has 0 spiro atoms. The van der Waals surface area contributed by atoms with Crippen LogP contribution in [0.15, 0.2) is 24.3 Å². The van der Waals surface area contributed by atoms with E-state index in [9.17, 15) is 0 Å². The summed E-state index contributed by atoms with van der Waals surface area (Å²) in [6.07, 6.45) is 1.60. The minimum atomic E-state index is 0.219. The van der Waals surface area contributed by atoms with E-state index in [0.29, 0.717) is 6.42 Å². The summed E-state index contributed by atoms with van der Waals surface area (Å²) in [5.41, 5.74) is 2.93. The van der Waals surface area contributed by atoms with Gasteiger partial charge in [-0.15, -0.1) is 0 Å². The van der Waals surface area contributed by atoms with Crippen LogP contribution in [0.25, 0.3) is 0 Å². The molecule has 0 amide bonds. The Labute approximate surface area is 111 Å². The quantitative estimate of drug-likeness (QED) is 0.738. The van der Waals surface area contributed by atoms with Crippen molar-refractivity contribution in [2.24, 2.45) is 0 Å². The molecule has 1 aromatic carbocycles. The van der Waals surface area contributed by atoms with Crippen molar-refractivity contribution < 1.29 is 0 Å². The molecule has 0 unspecified atom stereocenters. The third kappa shape index (κ3) is 4.89. The van der Waals surface area contributed by atoms with Gasteiger partial charge in [0.1, 0.15) is 0 Å². The van der Waals surface area contributed by atoms with Crippen molar-refractivity contribution in [1.82, 2.24) is 4.90 Å². The lowest BCUT2D eigenvalue weighted by molar-refractivity contribution is 0.323. The third-order valence-electron chi connectivity index (χ3n) is 3.10. The van der Waals surface area contributed by atoms with Crippen LogP contribution < -0.4 is 0 Å². The van der Waals surface area contributed by atoms with Crippen LogP contribution in [-0.4, -0.2) is 18.5 Å². The van der Waals surface area contributed by atoms with E-state index in [4.69, 9.17) is 5.26 Å². The van der Waals surface area contributed by atoms with Crippen LogP contribution in [-0.2, 0) is 12.0 Å². The van der Waals surface area contributed by atoms with Crippen molar-refractivity contribution in [3.8, 4) is 6.07 Å². The Morgan fingerprint density at radius 1 is 1.17 bits per heavy atom. The highest BCUT2D eigenvalue weighted by Crippen LogP contribution is 2.22. The Morgan fingerprint density at radius 2 is 1.78 bits per heavy atom. The van der Waals surface area contributed by atoms with Gasteiger partial charge < -0.3 is 4.90 Å². The number of rotatable bonds is 5. The highest BCUT2D eigenvalue weighted by Gasteiger charge is 2.12. The van der Waals surface area contributed by atoms with Crippen LogP contribution >= 0.6 is 0 Å². The van der Waals surface area contributed by atoms with Gasteiger partial charge in [0.25, 0.3) is 0 Å². The lowest BCUT2D eigenvalue weighted by Crippen LogP contribution is -2.19. The molecular formula is C16H24N2. The largest absolute Gasteiger partial charge is 0.302 e. The summed E-state index contributed by atoms with van der Waals surface area (Å²) in [6.45, 7) is 8.63. The molecule has 0 aromatic heterocycles. The zero-order valence-electron chi connectivity index (χ0n) is 12.0. The van der Waals surface area contributed by atoms with E-state index in [-0.39, 0.29) is 5.41 Å². The Bertz CT molecular complexity index is 393. The highest BCUT2D eigenvalue weighted by atomic mass is 15.1. The molecule has 0 atom stereocenters. The topological polar surface area (TPSA) is 27.0 Å². The molecule has 2 nitrogen and oxygen atoms in total. The van der Waals surface area contributed by atoms with Crippen LogP contribution in [0.2, 0.25) is 0 Å². The lowest BCUT2D eigenvalue weighted by atomic mass is 9.87. The van der Waals surface area contributed by atoms with Gasteiger partial charge in [-0.1, -0.05) is 45.0 Å². The summed E-state index contributed by atoms with van der Waals surface area (Å²) in [6, 6.07) is 11.0. The Kier molecular flexibility index (Phi) is 5.37. The maximum absolute atomic E-state index is 8.51. The monoisotopic (exact) mass is 244 g/mol. The van der Waals surface area contributed by atoms with Crippen molar-refractivity contribution in [2.75, 3.05) is 13.6 Å². The third-order valence-corrected chi connectivity index (χ3v) is 3.10. The van der Waals surface area contributed by atoms with E-state index in [1.807, 2.05) is 0 Å². The van der Waals surface area contributed by atoms with Gasteiger partial charge in [-0.05, 0) is 36.6 Å². The molecule has 2 heteroatoms. The first-order valence-electron chi connectivity index (χ1n) is 6.58. The molecule has 0 aliphatic carbocycles. The first-order valence-corrected chi connectivity index (χ1v) is 6.58. The fraction of sp³-hybridized carbons (Fsp3) is 0.562. The maximum atomic E-state index is 8.51. The zero-order valence-corrected chi connectivity index (χ0v) is 12.0. The van der Waals surface area contributed by atoms with Crippen molar-refractivity contribution in [1.29, 1.82) is 5.26 Å². The molecule has 0 aliphatic rings. The fourth-order valence-electron chi connectivity index (χ4n) is 1.93. The molecule has 0 bridgehead atoms. The Morgan fingerprint density at radius 3 is 2.28 bits per heavy atom. The minimum absolute atomic E-state index is 0.219. The number of nitriles is 1. The molecule has 1 rings (SSSR count). The summed E-state index contributed by atoms with van der Waals surface area (Å²) >= 11 is 0. The van der Waals surface area contributed by atoms with E-state index >= 15 is 0 Å². The van der Waals surface area contributed by atoms with E-state index in [0.717, 1.165) is 19.5 Å². The second kappa shape index (κ2) is 6.56. The van der Waals surface area contributed by atoms with Crippen molar-refractivity contribution in [3.63, 3.8) is 0 Å². The van der Waals surface area contributed by atoms with Gasteiger partial charge in [0.2, 0.25) is 0 Å². The van der Waals surface area contributed by atoms with Gasteiger partial charge in [-0.25, -0.2) is 0 Å². The zero-order chi connectivity index (χ0) is 13.6. The van der Waals surface area contributed by atoms with Crippen LogP contribution in [0.1, 0.15) is 44.7 Å². The van der Waals surface area contributed by atoms with Gasteiger partial charge in [-0.2, -0.15) is 5.26 Å². The average Bonchev–Trinajstić information content (AvgIpc) is 2.29. The summed E-state index contributed by atoms with van der Waals surface area (Å²) in [4.78, 5) is 2.27. The molecule has 0 radical (unpaired) electrons. The van der Waals surface area contributed by atoms with Gasteiger partial charge in [-0.3, -0.25) is 0 Å². The molecule has 0 saturated heterocycles. The van der Waals surface area contributed by atoms with E-state index in [1.165, 1.54) is 11.1 Å². The minimum Gasteiger partial charge on any atom is -0.302 e. The predicted octanol–water partition coefficient (Wildman–Crippen LogP) is 3.72. The number of nitrogens with zero attached hydrogens (tertiary/aromatic N) is 2. The van der Waals surface area contributed by atoms with Crippen LogP contribution in [0.4, 0.5) is 0 Å². The molecule has 0 heterocycles. The Balaban J connectivity index is 2.51. The molecule has 1 aromatic rings. The van der Waals surface area contributed by atoms with Gasteiger partial charge >= 0.3 is 0 Å². The van der Waals surface area contributed by atoms with Crippen molar-refractivity contribution >= 4 is 0 Å². The van der Waals surface area contributed by atoms with Gasteiger partial charge in [0.05, 0.1) is 6.07 Å². The van der Waals surface area contributed by atoms with Gasteiger partial charge in [0.15, 0.2) is 0 Å². The smallest absolute Gasteiger partial charge is 0.0622 e. The number of hydrogen-bond acceptors (Lipinski definition) is 2. The predicted molar refractivity (Wildman–Crippen MR) is 76.3 cm³/mol. The lowest BCUT2D eigenvalue weighted by Gasteiger charge is -2.20. The second-order valence-electron chi connectivity index (χ2n) is 5.95. The molecule has 0 fully saturated rings. The first-order chi connectivity index (χ1) is 8.43. The van der Waals surface area contributed by atoms with Crippen LogP contribution in [0, 0.1) is 11.3 Å². The average molecular weight is 244 g/mol. The van der Waals surface area contributed by atoms with Crippen molar-refractivity contribution in [2.45, 2.75) is 45.6 Å². The molecule has 0 aliphatic heterocycles. The molecule has 0 saturated carbocycles. The number of benzene rings is 1. The Hall–Kier alpha value is -1.33. The molecule has 18 heavy (non-hydrogen) atoms.